The van der Waals surface area contributed by atoms with Gasteiger partial charge in [0.2, 0.25) is 5.95 Å². The number of halogens is 1. The Labute approximate surface area is 180 Å². The zero-order chi connectivity index (χ0) is 22.1. The molecule has 0 saturated heterocycles. The molecule has 0 aliphatic heterocycles. The molecule has 5 aromatic rings. The number of hydrogen-bond acceptors (Lipinski definition) is 4. The summed E-state index contributed by atoms with van der Waals surface area (Å²) in [5.41, 5.74) is 3.26. The third-order valence-electron chi connectivity index (χ3n) is 5.01. The summed E-state index contributed by atoms with van der Waals surface area (Å²) in [6.45, 7) is 0.351. The van der Waals surface area contributed by atoms with Crippen LogP contribution in [0.5, 0.6) is 0 Å². The number of hydrogen-bond donors (Lipinski definition) is 3. The molecule has 0 unspecified atom stereocenters. The summed E-state index contributed by atoms with van der Waals surface area (Å²) in [6.07, 6.45) is 5.89. The zero-order valence-corrected chi connectivity index (χ0v) is 16.7. The van der Waals surface area contributed by atoms with E-state index in [1.54, 1.807) is 23.0 Å². The first kappa shape index (κ1) is 19.4. The molecular weight excluding hydrogens is 411 g/mol. The summed E-state index contributed by atoms with van der Waals surface area (Å²) in [5.74, 6) is -0.926. The first-order valence-corrected chi connectivity index (χ1v) is 9.80. The van der Waals surface area contributed by atoms with Crippen LogP contribution in [0.15, 0.2) is 78.1 Å². The van der Waals surface area contributed by atoms with Gasteiger partial charge in [0.05, 0.1) is 35.2 Å². The van der Waals surface area contributed by atoms with Crippen LogP contribution in [-0.4, -0.2) is 30.6 Å². The highest BCUT2D eigenvalue weighted by atomic mass is 19.1. The number of H-pyrrole nitrogens is 2. The lowest BCUT2D eigenvalue weighted by Crippen LogP contribution is -2.15. The minimum absolute atomic E-state index is 0.268. The van der Waals surface area contributed by atoms with Gasteiger partial charge in [0.25, 0.3) is 11.5 Å². The van der Waals surface area contributed by atoms with E-state index in [2.05, 4.69) is 25.4 Å². The van der Waals surface area contributed by atoms with Gasteiger partial charge in [-0.25, -0.2) is 4.98 Å². The fourth-order valence-electron chi connectivity index (χ4n) is 3.43. The minimum atomic E-state index is -0.554. The zero-order valence-electron chi connectivity index (χ0n) is 16.7. The van der Waals surface area contributed by atoms with Crippen molar-refractivity contribution in [2.24, 2.45) is 0 Å². The number of pyridine rings is 2. The summed E-state index contributed by atoms with van der Waals surface area (Å²) in [7, 11) is 0. The topological polar surface area (TPSA) is 108 Å². The van der Waals surface area contributed by atoms with Crippen LogP contribution in [0.2, 0.25) is 0 Å². The lowest BCUT2D eigenvalue weighted by molar-refractivity contribution is 0.102. The van der Waals surface area contributed by atoms with Gasteiger partial charge in [-0.1, -0.05) is 24.3 Å². The van der Waals surface area contributed by atoms with Crippen LogP contribution >= 0.6 is 0 Å². The number of aromatic nitrogens is 5. The number of para-hydroxylation sites is 1. The monoisotopic (exact) mass is 428 g/mol. The lowest BCUT2D eigenvalue weighted by Gasteiger charge is -2.05. The smallest absolute Gasteiger partial charge is 0.258 e. The molecule has 8 nitrogen and oxygen atoms in total. The first-order chi connectivity index (χ1) is 15.5. The summed E-state index contributed by atoms with van der Waals surface area (Å²) in [5, 5.41) is 7.93. The van der Waals surface area contributed by atoms with Crippen molar-refractivity contribution in [1.29, 1.82) is 0 Å². The van der Waals surface area contributed by atoms with Crippen LogP contribution in [0, 0.1) is 5.95 Å². The van der Waals surface area contributed by atoms with Crippen molar-refractivity contribution in [3.63, 3.8) is 0 Å². The van der Waals surface area contributed by atoms with E-state index in [4.69, 9.17) is 0 Å². The summed E-state index contributed by atoms with van der Waals surface area (Å²) in [6, 6.07) is 14.1. The number of carbonyl (C=O) groups is 1. The standard InChI is InChI=1S/C23H17FN6O2/c24-21-6-5-14(9-25-21)12-30-13-16(10-27-30)22(31)28-17-8-18(23(32)26-11-17)20-7-15-3-1-2-4-19(15)29-20/h1-11,13,29H,12H2,(H,26,32)(H,28,31). The number of nitrogens with zero attached hydrogens (tertiary/aromatic N) is 3. The predicted molar refractivity (Wildman–Crippen MR) is 118 cm³/mol. The Morgan fingerprint density at radius 3 is 2.81 bits per heavy atom. The maximum atomic E-state index is 12.9. The second-order valence-electron chi connectivity index (χ2n) is 7.27. The largest absolute Gasteiger partial charge is 0.354 e. The van der Waals surface area contributed by atoms with Crippen LogP contribution in [-0.2, 0) is 6.54 Å². The number of anilines is 1. The number of nitrogens with one attached hydrogen (secondary N) is 3. The van der Waals surface area contributed by atoms with Crippen LogP contribution in [0.1, 0.15) is 15.9 Å². The molecule has 1 aromatic carbocycles. The van der Waals surface area contributed by atoms with Crippen LogP contribution in [0.4, 0.5) is 10.1 Å². The van der Waals surface area contributed by atoms with Gasteiger partial charge in [0.15, 0.2) is 0 Å². The highest BCUT2D eigenvalue weighted by molar-refractivity contribution is 6.04. The van der Waals surface area contributed by atoms with Gasteiger partial charge in [0.1, 0.15) is 0 Å². The van der Waals surface area contributed by atoms with E-state index in [0.717, 1.165) is 16.5 Å². The minimum Gasteiger partial charge on any atom is -0.354 e. The number of benzene rings is 1. The molecule has 0 atom stereocenters. The van der Waals surface area contributed by atoms with Crippen LogP contribution in [0.25, 0.3) is 22.2 Å². The average molecular weight is 428 g/mol. The summed E-state index contributed by atoms with van der Waals surface area (Å²) < 4.78 is 14.5. The van der Waals surface area contributed by atoms with E-state index in [0.29, 0.717) is 29.1 Å². The molecule has 9 heteroatoms. The molecule has 0 bridgehead atoms. The van der Waals surface area contributed by atoms with Gasteiger partial charge < -0.3 is 15.3 Å². The Hall–Kier alpha value is -4.53. The second-order valence-corrected chi connectivity index (χ2v) is 7.27. The van der Waals surface area contributed by atoms with E-state index in [9.17, 15) is 14.0 Å². The van der Waals surface area contributed by atoms with E-state index in [1.165, 1.54) is 24.7 Å². The number of rotatable bonds is 5. The number of amides is 1. The van der Waals surface area contributed by atoms with Gasteiger partial charge in [-0.3, -0.25) is 14.3 Å². The molecule has 0 aliphatic rings. The molecule has 0 spiro atoms. The molecule has 0 fully saturated rings. The third kappa shape index (κ3) is 3.91. The summed E-state index contributed by atoms with van der Waals surface area (Å²) in [4.78, 5) is 34.5. The van der Waals surface area contributed by atoms with E-state index >= 15 is 0 Å². The molecule has 32 heavy (non-hydrogen) atoms. The molecule has 158 valence electrons. The van der Waals surface area contributed by atoms with E-state index < -0.39 is 5.95 Å². The van der Waals surface area contributed by atoms with E-state index in [-0.39, 0.29) is 11.5 Å². The van der Waals surface area contributed by atoms with Crippen molar-refractivity contribution in [2.45, 2.75) is 6.54 Å². The Kier molecular flexibility index (Phi) is 4.83. The van der Waals surface area contributed by atoms with Gasteiger partial charge in [-0.2, -0.15) is 9.49 Å². The van der Waals surface area contributed by atoms with Crippen molar-refractivity contribution >= 4 is 22.5 Å². The number of fused-ring (bicyclic) bond motifs is 1. The van der Waals surface area contributed by atoms with Crippen molar-refractivity contribution in [2.75, 3.05) is 5.32 Å². The molecular formula is C23H17FN6O2. The SMILES string of the molecule is O=C(Nc1c[nH]c(=O)c(-c2cc3ccccc3[nH]2)c1)c1cnn(Cc2ccc(F)nc2)c1. The second kappa shape index (κ2) is 7.95. The number of carbonyl (C=O) groups excluding carboxylic acids is 1. The molecule has 0 aliphatic carbocycles. The molecule has 0 radical (unpaired) electrons. The quantitative estimate of drug-likeness (QED) is 0.372. The average Bonchev–Trinajstić information content (AvgIpc) is 3.44. The molecule has 3 N–H and O–H groups in total. The molecule has 0 saturated carbocycles. The fourth-order valence-corrected chi connectivity index (χ4v) is 3.43. The predicted octanol–water partition coefficient (Wildman–Crippen LogP) is 3.55. The molecule has 4 aromatic heterocycles. The Morgan fingerprint density at radius 1 is 1.12 bits per heavy atom. The van der Waals surface area contributed by atoms with E-state index in [1.807, 2.05) is 30.3 Å². The van der Waals surface area contributed by atoms with Crippen molar-refractivity contribution in [3.05, 3.63) is 101 Å². The Morgan fingerprint density at radius 2 is 2.00 bits per heavy atom. The van der Waals surface area contributed by atoms with Gasteiger partial charge in [-0.15, -0.1) is 0 Å². The normalized spacial score (nSPS) is 11.0. The van der Waals surface area contributed by atoms with Gasteiger partial charge in [0, 0.05) is 29.5 Å². The summed E-state index contributed by atoms with van der Waals surface area (Å²) >= 11 is 0. The van der Waals surface area contributed by atoms with Crippen LogP contribution in [0.3, 0.4) is 0 Å². The highest BCUT2D eigenvalue weighted by Gasteiger charge is 2.13. The van der Waals surface area contributed by atoms with Crippen molar-refractivity contribution < 1.29 is 9.18 Å². The Bertz CT molecular complexity index is 1450. The molecule has 4 heterocycles. The maximum Gasteiger partial charge on any atom is 0.258 e. The lowest BCUT2D eigenvalue weighted by atomic mass is 10.2. The molecule has 5 rings (SSSR count). The Balaban J connectivity index is 1.34. The first-order valence-electron chi connectivity index (χ1n) is 9.80. The third-order valence-corrected chi connectivity index (χ3v) is 5.01. The van der Waals surface area contributed by atoms with Crippen molar-refractivity contribution in [1.82, 2.24) is 24.7 Å². The number of aromatic amines is 2. The maximum absolute atomic E-state index is 12.9. The highest BCUT2D eigenvalue weighted by Crippen LogP contribution is 2.23. The van der Waals surface area contributed by atoms with Crippen molar-refractivity contribution in [3.8, 4) is 11.3 Å². The molecule has 1 amide bonds. The van der Waals surface area contributed by atoms with Gasteiger partial charge in [-0.05, 0) is 29.8 Å². The fraction of sp³-hybridized carbons (Fsp3) is 0.0435. The van der Waals surface area contributed by atoms with Gasteiger partial charge >= 0.3 is 0 Å². The van der Waals surface area contributed by atoms with Crippen LogP contribution < -0.4 is 10.9 Å².